The second-order valence-corrected chi connectivity index (χ2v) is 6.24. The Morgan fingerprint density at radius 2 is 2.20 bits per heavy atom. The van der Waals surface area contributed by atoms with E-state index in [1.54, 1.807) is 12.1 Å². The number of nitrogens with one attached hydrogen (secondary N) is 2. The molecule has 0 bridgehead atoms. The van der Waals surface area contributed by atoms with Crippen LogP contribution >= 0.6 is 0 Å². The van der Waals surface area contributed by atoms with E-state index in [1.807, 2.05) is 0 Å². The first-order valence-electron chi connectivity index (χ1n) is 8.42. The quantitative estimate of drug-likeness (QED) is 0.839. The monoisotopic (exact) mass is 351 g/mol. The van der Waals surface area contributed by atoms with Crippen LogP contribution in [0.4, 0.5) is 14.9 Å². The lowest BCUT2D eigenvalue weighted by Crippen LogP contribution is -2.34. The maximum absolute atomic E-state index is 14.4. The van der Waals surface area contributed by atoms with E-state index in [0.717, 1.165) is 25.9 Å². The Balaban J connectivity index is 1.63. The maximum Gasteiger partial charge on any atom is 0.414 e. The van der Waals surface area contributed by atoms with Gasteiger partial charge >= 0.3 is 6.09 Å². The third-order valence-corrected chi connectivity index (χ3v) is 4.26. The summed E-state index contributed by atoms with van der Waals surface area (Å²) in [6.45, 7) is 3.61. The standard InChI is InChI=1S/C17H22FN3O4/c1-11(22)20-9-14-10-21(17(23)25-14)12-2-3-16(15(18)8-12)24-13-4-6-19-7-5-13/h2-3,8,13-14,19H,4-7,9-10H2,1H3,(H,20,22)/t14-/m0/s1. The molecular formula is C17H22FN3O4. The van der Waals surface area contributed by atoms with Crippen molar-refractivity contribution in [3.63, 3.8) is 0 Å². The summed E-state index contributed by atoms with van der Waals surface area (Å²) >= 11 is 0. The number of hydrogen-bond acceptors (Lipinski definition) is 5. The van der Waals surface area contributed by atoms with Crippen molar-refractivity contribution in [1.29, 1.82) is 0 Å². The number of ether oxygens (including phenoxy) is 2. The number of carbonyl (C=O) groups is 2. The summed E-state index contributed by atoms with van der Waals surface area (Å²) in [5.74, 6) is -0.507. The van der Waals surface area contributed by atoms with Crippen LogP contribution in [-0.2, 0) is 9.53 Å². The average Bonchev–Trinajstić information content (AvgIpc) is 2.97. The molecule has 2 N–H and O–H groups in total. The summed E-state index contributed by atoms with van der Waals surface area (Å²) < 4.78 is 25.3. The highest BCUT2D eigenvalue weighted by Gasteiger charge is 2.32. The number of hydrogen-bond donors (Lipinski definition) is 2. The Morgan fingerprint density at radius 1 is 1.44 bits per heavy atom. The Bertz CT molecular complexity index is 649. The van der Waals surface area contributed by atoms with Crippen LogP contribution in [-0.4, -0.2) is 50.4 Å². The van der Waals surface area contributed by atoms with Gasteiger partial charge in [0.25, 0.3) is 0 Å². The SMILES string of the molecule is CC(=O)NC[C@H]1CN(c2ccc(OC3CCNCC3)c(F)c2)C(=O)O1. The molecule has 0 aliphatic carbocycles. The molecule has 2 amide bonds. The van der Waals surface area contributed by atoms with Gasteiger partial charge < -0.3 is 20.1 Å². The van der Waals surface area contributed by atoms with Gasteiger partial charge in [-0.05, 0) is 38.1 Å². The fourth-order valence-electron chi connectivity index (χ4n) is 2.94. The van der Waals surface area contributed by atoms with Crippen molar-refractivity contribution < 1.29 is 23.5 Å². The van der Waals surface area contributed by atoms with Crippen molar-refractivity contribution >= 4 is 17.7 Å². The largest absolute Gasteiger partial charge is 0.487 e. The molecule has 2 fully saturated rings. The molecule has 1 atom stereocenters. The second-order valence-electron chi connectivity index (χ2n) is 6.24. The van der Waals surface area contributed by atoms with Crippen LogP contribution in [0.15, 0.2) is 18.2 Å². The topological polar surface area (TPSA) is 79.9 Å². The van der Waals surface area contributed by atoms with E-state index >= 15 is 0 Å². The fourth-order valence-corrected chi connectivity index (χ4v) is 2.94. The number of anilines is 1. The maximum atomic E-state index is 14.4. The molecule has 1 aromatic rings. The Hall–Kier alpha value is -2.35. The van der Waals surface area contributed by atoms with Crippen molar-refractivity contribution in [2.24, 2.45) is 0 Å². The summed E-state index contributed by atoms with van der Waals surface area (Å²) in [5.41, 5.74) is 0.408. The average molecular weight is 351 g/mol. The summed E-state index contributed by atoms with van der Waals surface area (Å²) in [4.78, 5) is 24.3. The summed E-state index contributed by atoms with van der Waals surface area (Å²) in [5, 5.41) is 5.83. The highest BCUT2D eigenvalue weighted by Crippen LogP contribution is 2.28. The van der Waals surface area contributed by atoms with Gasteiger partial charge in [0.1, 0.15) is 12.2 Å². The highest BCUT2D eigenvalue weighted by molar-refractivity contribution is 5.89. The molecule has 0 radical (unpaired) electrons. The lowest BCUT2D eigenvalue weighted by molar-refractivity contribution is -0.119. The molecule has 7 nitrogen and oxygen atoms in total. The van der Waals surface area contributed by atoms with E-state index in [1.165, 1.54) is 17.9 Å². The minimum Gasteiger partial charge on any atom is -0.487 e. The molecule has 2 aliphatic rings. The van der Waals surface area contributed by atoms with Crippen molar-refractivity contribution in [2.45, 2.75) is 32.0 Å². The first-order valence-corrected chi connectivity index (χ1v) is 8.42. The molecule has 0 saturated carbocycles. The molecule has 136 valence electrons. The van der Waals surface area contributed by atoms with Crippen LogP contribution < -0.4 is 20.3 Å². The minimum absolute atomic E-state index is 0.000359. The van der Waals surface area contributed by atoms with Gasteiger partial charge in [-0.3, -0.25) is 9.69 Å². The molecule has 0 aromatic heterocycles. The molecule has 25 heavy (non-hydrogen) atoms. The minimum atomic E-state index is -0.554. The number of carbonyl (C=O) groups excluding carboxylic acids is 2. The summed E-state index contributed by atoms with van der Waals surface area (Å²) in [7, 11) is 0. The number of cyclic esters (lactones) is 1. The zero-order valence-corrected chi connectivity index (χ0v) is 14.1. The van der Waals surface area contributed by atoms with E-state index in [-0.39, 0.29) is 30.9 Å². The number of rotatable bonds is 5. The van der Waals surface area contributed by atoms with E-state index < -0.39 is 18.0 Å². The number of nitrogens with zero attached hydrogens (tertiary/aromatic N) is 1. The third kappa shape index (κ3) is 4.39. The van der Waals surface area contributed by atoms with Crippen molar-refractivity contribution in [2.75, 3.05) is 31.1 Å². The smallest absolute Gasteiger partial charge is 0.414 e. The van der Waals surface area contributed by atoms with Crippen LogP contribution in [0.1, 0.15) is 19.8 Å². The predicted molar refractivity (Wildman–Crippen MR) is 89.2 cm³/mol. The molecular weight excluding hydrogens is 329 g/mol. The van der Waals surface area contributed by atoms with Gasteiger partial charge in [-0.1, -0.05) is 0 Å². The van der Waals surface area contributed by atoms with Gasteiger partial charge in [0, 0.05) is 13.0 Å². The Kier molecular flexibility index (Phi) is 5.37. The fraction of sp³-hybridized carbons (Fsp3) is 0.529. The van der Waals surface area contributed by atoms with Gasteiger partial charge in [-0.15, -0.1) is 0 Å². The second kappa shape index (κ2) is 7.69. The summed E-state index contributed by atoms with van der Waals surface area (Å²) in [6, 6.07) is 4.46. The van der Waals surface area contributed by atoms with Crippen molar-refractivity contribution in [3.05, 3.63) is 24.0 Å². The van der Waals surface area contributed by atoms with E-state index in [2.05, 4.69) is 10.6 Å². The van der Waals surface area contributed by atoms with Crippen LogP contribution in [0.25, 0.3) is 0 Å². The molecule has 2 aliphatic heterocycles. The van der Waals surface area contributed by atoms with E-state index in [0.29, 0.717) is 5.69 Å². The summed E-state index contributed by atoms with van der Waals surface area (Å²) in [6.07, 6.45) is 0.668. The molecule has 2 saturated heterocycles. The van der Waals surface area contributed by atoms with Gasteiger partial charge in [-0.25, -0.2) is 9.18 Å². The Morgan fingerprint density at radius 3 is 2.88 bits per heavy atom. The molecule has 0 unspecified atom stereocenters. The first kappa shape index (κ1) is 17.5. The number of halogens is 1. The van der Waals surface area contributed by atoms with Crippen LogP contribution in [0, 0.1) is 5.82 Å². The normalized spacial score (nSPS) is 21.1. The van der Waals surface area contributed by atoms with Gasteiger partial charge in [0.15, 0.2) is 11.6 Å². The van der Waals surface area contributed by atoms with Crippen molar-refractivity contribution in [3.8, 4) is 5.75 Å². The van der Waals surface area contributed by atoms with E-state index in [4.69, 9.17) is 9.47 Å². The van der Waals surface area contributed by atoms with Crippen molar-refractivity contribution in [1.82, 2.24) is 10.6 Å². The van der Waals surface area contributed by atoms with Crippen LogP contribution in [0.2, 0.25) is 0 Å². The number of piperidine rings is 1. The van der Waals surface area contributed by atoms with Gasteiger partial charge in [-0.2, -0.15) is 0 Å². The van der Waals surface area contributed by atoms with E-state index in [9.17, 15) is 14.0 Å². The molecule has 2 heterocycles. The third-order valence-electron chi connectivity index (χ3n) is 4.26. The molecule has 0 spiro atoms. The van der Waals surface area contributed by atoms with Gasteiger partial charge in [0.2, 0.25) is 5.91 Å². The molecule has 1 aromatic carbocycles. The predicted octanol–water partition coefficient (Wildman–Crippen LogP) is 1.42. The Labute approximate surface area is 145 Å². The lowest BCUT2D eigenvalue weighted by atomic mass is 10.1. The number of amides is 2. The van der Waals surface area contributed by atoms with Gasteiger partial charge in [0.05, 0.1) is 18.8 Å². The lowest BCUT2D eigenvalue weighted by Gasteiger charge is -2.24. The first-order chi connectivity index (χ1) is 12.0. The van der Waals surface area contributed by atoms with Crippen LogP contribution in [0.3, 0.4) is 0 Å². The molecule has 3 rings (SSSR count). The highest BCUT2D eigenvalue weighted by atomic mass is 19.1. The van der Waals surface area contributed by atoms with Crippen LogP contribution in [0.5, 0.6) is 5.75 Å². The zero-order valence-electron chi connectivity index (χ0n) is 14.1. The zero-order chi connectivity index (χ0) is 17.8. The number of benzene rings is 1. The molecule has 8 heteroatoms.